The van der Waals surface area contributed by atoms with Crippen molar-refractivity contribution in [3.05, 3.63) is 36.0 Å². The molecule has 1 amide bonds. The van der Waals surface area contributed by atoms with Crippen LogP contribution in [0.2, 0.25) is 54.4 Å². The maximum Gasteiger partial charge on any atom is 0.410 e. The van der Waals surface area contributed by atoms with Gasteiger partial charge in [-0.25, -0.2) is 4.79 Å². The second kappa shape index (κ2) is 29.6. The van der Waals surface area contributed by atoms with Gasteiger partial charge in [0.2, 0.25) is 0 Å². The lowest BCUT2D eigenvalue weighted by Gasteiger charge is -2.41. The standard InChI is InChI=1S/C56H106N2O10Si3/c1-19-48(67-70(24-6,25-7)26-8)45(14)53-49(62-53)42-55(16,68-71(27-9,28-10)29-11)35-30-31-43(12)52-44(13)32-33-50(63-54(60)58-39-37-57(18)38-40-58)56(17,65-46(15)61-20-2)36-34-47(41-51(59)64-52)66-69(21-3,22-4)23-5/h30-33,35,44-50,52-53H,19-29,34,36-42H2,1-18H3/b33-32+,35-30+,43-31+/t44-,45+,46?,47+,48-,49+,50-,52+,53+,55-,56+/m0/s1. The molecule has 0 aromatic carbocycles. The van der Waals surface area contributed by atoms with Gasteiger partial charge in [-0.05, 0) is 127 Å². The van der Waals surface area contributed by atoms with Gasteiger partial charge in [0.25, 0.3) is 0 Å². The number of piperazine rings is 1. The Morgan fingerprint density at radius 2 is 1.45 bits per heavy atom. The summed E-state index contributed by atoms with van der Waals surface area (Å²) >= 11 is 0. The molecule has 2 fully saturated rings. The smallest absolute Gasteiger partial charge is 0.410 e. The van der Waals surface area contributed by atoms with E-state index in [1.165, 1.54) is 0 Å². The molecule has 0 radical (unpaired) electrons. The van der Waals surface area contributed by atoms with E-state index in [-0.39, 0.29) is 48.6 Å². The fraction of sp³-hybridized carbons (Fsp3) is 0.857. The van der Waals surface area contributed by atoms with E-state index in [1.54, 1.807) is 4.90 Å². The average molecular weight is 1050 g/mol. The lowest BCUT2D eigenvalue weighted by molar-refractivity contribution is -0.222. The quantitative estimate of drug-likeness (QED) is 0.0186. The second-order valence-electron chi connectivity index (χ2n) is 21.9. The second-order valence-corrected chi connectivity index (χ2v) is 36.0. The Bertz CT molecular complexity index is 1660. The topological polar surface area (TPSA) is 118 Å². The zero-order chi connectivity index (χ0) is 53.2. The molecule has 3 heterocycles. The molecule has 0 saturated carbocycles. The van der Waals surface area contributed by atoms with E-state index in [1.807, 2.05) is 39.8 Å². The van der Waals surface area contributed by atoms with Crippen LogP contribution in [0.1, 0.15) is 150 Å². The molecule has 0 aromatic rings. The first-order chi connectivity index (χ1) is 33.6. The Kier molecular flexibility index (Phi) is 26.5. The molecular weight excluding hydrogens is 945 g/mol. The van der Waals surface area contributed by atoms with Crippen molar-refractivity contribution in [3.8, 4) is 0 Å². The number of esters is 1. The Morgan fingerprint density at radius 1 is 0.873 bits per heavy atom. The van der Waals surface area contributed by atoms with E-state index in [0.29, 0.717) is 32.5 Å². The lowest BCUT2D eigenvalue weighted by atomic mass is 9.88. The molecule has 0 spiro atoms. The molecule has 3 aliphatic heterocycles. The summed E-state index contributed by atoms with van der Waals surface area (Å²) in [6, 6.07) is 9.37. The number of allylic oxidation sites excluding steroid dienone is 2. The van der Waals surface area contributed by atoms with E-state index in [0.717, 1.165) is 85.9 Å². The highest BCUT2D eigenvalue weighted by Gasteiger charge is 2.51. The molecule has 15 heteroatoms. The number of rotatable bonds is 28. The van der Waals surface area contributed by atoms with Gasteiger partial charge in [-0.15, -0.1) is 0 Å². The molecule has 71 heavy (non-hydrogen) atoms. The molecule has 3 aliphatic rings. The van der Waals surface area contributed by atoms with Crippen LogP contribution in [0, 0.1) is 11.8 Å². The number of cyclic esters (lactones) is 1. The van der Waals surface area contributed by atoms with E-state index in [4.69, 9.17) is 37.0 Å². The van der Waals surface area contributed by atoms with Crippen LogP contribution in [0.15, 0.2) is 36.0 Å². The monoisotopic (exact) mass is 1050 g/mol. The van der Waals surface area contributed by atoms with Crippen LogP contribution in [0.25, 0.3) is 0 Å². The SMILES string of the molecule is CCOC(C)O[C@]1(C)CC[C@@H](O[Si](CC)(CC)CC)CC(=O)O[C@H](/C(C)=C/C=C/[C@@](C)(C[C@H]2O[C@@H]2[C@H](C)[C@H](CC)O[Si](CC)(CC)CC)O[Si](CC)(CC)CC)[C@@H](C)/C=C/[C@@H]1OC(=O)N1CCN(C)CC1. The van der Waals surface area contributed by atoms with Crippen LogP contribution in [-0.2, 0) is 41.8 Å². The molecule has 0 aliphatic carbocycles. The number of hydrogen-bond acceptors (Lipinski definition) is 11. The van der Waals surface area contributed by atoms with Gasteiger partial charge in [0.1, 0.15) is 11.7 Å². The molecule has 0 bridgehead atoms. The molecule has 0 N–H and O–H groups in total. The predicted octanol–water partition coefficient (Wildman–Crippen LogP) is 13.5. The Hall–Kier alpha value is -1.67. The van der Waals surface area contributed by atoms with Gasteiger partial charge < -0.3 is 46.8 Å². The minimum absolute atomic E-state index is 0.0765. The molecule has 2 saturated heterocycles. The minimum atomic E-state index is -2.17. The van der Waals surface area contributed by atoms with Crippen molar-refractivity contribution in [2.24, 2.45) is 11.8 Å². The fourth-order valence-electron chi connectivity index (χ4n) is 11.2. The van der Waals surface area contributed by atoms with Gasteiger partial charge in [0, 0.05) is 57.1 Å². The Morgan fingerprint density at radius 3 is 1.99 bits per heavy atom. The number of likely N-dealkylation sites (N-methyl/N-ethyl adjacent to an activating group) is 1. The summed E-state index contributed by atoms with van der Waals surface area (Å²) in [4.78, 5) is 32.4. The van der Waals surface area contributed by atoms with Gasteiger partial charge in [0.15, 0.2) is 37.3 Å². The maximum atomic E-state index is 14.3. The van der Waals surface area contributed by atoms with Crippen LogP contribution < -0.4 is 0 Å². The zero-order valence-corrected chi connectivity index (χ0v) is 51.5. The number of amides is 1. The van der Waals surface area contributed by atoms with E-state index in [2.05, 4.69) is 120 Å². The van der Waals surface area contributed by atoms with Crippen molar-refractivity contribution in [2.75, 3.05) is 39.8 Å². The van der Waals surface area contributed by atoms with Gasteiger partial charge in [-0.2, -0.15) is 0 Å². The third-order valence-corrected chi connectivity index (χ3v) is 31.3. The van der Waals surface area contributed by atoms with Crippen LogP contribution in [0.5, 0.6) is 0 Å². The van der Waals surface area contributed by atoms with Crippen molar-refractivity contribution < 1.29 is 46.6 Å². The maximum absolute atomic E-state index is 14.3. The zero-order valence-electron chi connectivity index (χ0n) is 48.5. The highest BCUT2D eigenvalue weighted by molar-refractivity contribution is 6.74. The van der Waals surface area contributed by atoms with Crippen LogP contribution in [0.4, 0.5) is 4.79 Å². The summed E-state index contributed by atoms with van der Waals surface area (Å²) in [5, 5.41) is 0. The van der Waals surface area contributed by atoms with Crippen LogP contribution >= 0.6 is 0 Å². The molecule has 11 atom stereocenters. The van der Waals surface area contributed by atoms with E-state index >= 15 is 0 Å². The number of carbonyl (C=O) groups is 2. The first-order valence-electron chi connectivity index (χ1n) is 28.5. The first kappa shape index (κ1) is 63.6. The van der Waals surface area contributed by atoms with Crippen molar-refractivity contribution in [1.29, 1.82) is 0 Å². The van der Waals surface area contributed by atoms with Crippen molar-refractivity contribution in [1.82, 2.24) is 9.80 Å². The molecular formula is C56H106N2O10Si3. The highest BCUT2D eigenvalue weighted by atomic mass is 28.4. The fourth-order valence-corrected chi connectivity index (χ4v) is 20.2. The van der Waals surface area contributed by atoms with Crippen molar-refractivity contribution >= 4 is 37.0 Å². The minimum Gasteiger partial charge on any atom is -0.457 e. The van der Waals surface area contributed by atoms with Gasteiger partial charge in [-0.3, -0.25) is 4.79 Å². The Labute approximate surface area is 437 Å². The highest BCUT2D eigenvalue weighted by Crippen LogP contribution is 2.43. The van der Waals surface area contributed by atoms with E-state index in [9.17, 15) is 9.59 Å². The molecule has 12 nitrogen and oxygen atoms in total. The lowest BCUT2D eigenvalue weighted by Crippen LogP contribution is -2.52. The molecule has 3 rings (SSSR count). The summed E-state index contributed by atoms with van der Waals surface area (Å²) in [6.45, 7) is 40.3. The summed E-state index contributed by atoms with van der Waals surface area (Å²) in [5.74, 6) is -0.290. The van der Waals surface area contributed by atoms with Crippen molar-refractivity contribution in [2.45, 2.75) is 258 Å². The van der Waals surface area contributed by atoms with Crippen LogP contribution in [-0.4, -0.2) is 141 Å². The number of carbonyl (C=O) groups excluding carboxylic acids is 2. The summed E-state index contributed by atoms with van der Waals surface area (Å²) in [5.41, 5.74) is -0.678. The summed E-state index contributed by atoms with van der Waals surface area (Å²) in [7, 11) is -3.95. The van der Waals surface area contributed by atoms with Gasteiger partial charge in [0.05, 0.1) is 30.3 Å². The van der Waals surface area contributed by atoms with Crippen LogP contribution in [0.3, 0.4) is 0 Å². The summed E-state index contributed by atoms with van der Waals surface area (Å²) in [6.07, 6.45) is 10.9. The van der Waals surface area contributed by atoms with Gasteiger partial charge in [-0.1, -0.05) is 107 Å². The molecule has 0 aromatic heterocycles. The number of hydrogen-bond donors (Lipinski definition) is 0. The predicted molar refractivity (Wildman–Crippen MR) is 298 cm³/mol. The number of epoxide rings is 1. The Balaban J connectivity index is 2.10. The third-order valence-electron chi connectivity index (χ3n) is 17.2. The average Bonchev–Trinajstić information content (AvgIpc) is 4.13. The first-order valence-corrected chi connectivity index (χ1v) is 36.1. The summed E-state index contributed by atoms with van der Waals surface area (Å²) < 4.78 is 54.0. The van der Waals surface area contributed by atoms with Gasteiger partial charge >= 0.3 is 12.1 Å². The normalized spacial score (nSPS) is 28.3. The third kappa shape index (κ3) is 18.3. The molecule has 412 valence electrons. The van der Waals surface area contributed by atoms with E-state index < -0.39 is 60.8 Å². The largest absolute Gasteiger partial charge is 0.457 e. The van der Waals surface area contributed by atoms with Crippen molar-refractivity contribution in [3.63, 3.8) is 0 Å². The molecule has 1 unspecified atom stereocenters. The number of ether oxygens (including phenoxy) is 5. The number of nitrogens with zero attached hydrogens (tertiary/aromatic N) is 2.